The number of hydrogen-bond acceptors (Lipinski definition) is 1. The molecule has 1 atom stereocenters. The Morgan fingerprint density at radius 2 is 1.64 bits per heavy atom. The standard InChI is InChI=1S/C9H17FO/c1-8(2)7(6(11)5-10)9(8,3)4/h6-7,11H,5H2,1-4H3. The van der Waals surface area contributed by atoms with E-state index in [2.05, 4.69) is 27.7 Å². The van der Waals surface area contributed by atoms with Gasteiger partial charge in [-0.1, -0.05) is 27.7 Å². The van der Waals surface area contributed by atoms with E-state index in [1.807, 2.05) is 0 Å². The molecule has 0 aromatic carbocycles. The first-order valence-electron chi connectivity index (χ1n) is 4.09. The van der Waals surface area contributed by atoms with Gasteiger partial charge in [-0.25, -0.2) is 4.39 Å². The van der Waals surface area contributed by atoms with Gasteiger partial charge in [0.15, 0.2) is 0 Å². The van der Waals surface area contributed by atoms with Gasteiger partial charge >= 0.3 is 0 Å². The van der Waals surface area contributed by atoms with Crippen molar-refractivity contribution in [2.24, 2.45) is 16.7 Å². The molecule has 1 saturated carbocycles. The van der Waals surface area contributed by atoms with Crippen molar-refractivity contribution in [2.45, 2.75) is 33.8 Å². The van der Waals surface area contributed by atoms with Crippen LogP contribution in [-0.4, -0.2) is 17.9 Å². The zero-order valence-corrected chi connectivity index (χ0v) is 7.69. The molecule has 1 aliphatic rings. The Labute approximate surface area is 67.6 Å². The van der Waals surface area contributed by atoms with Crippen molar-refractivity contribution in [1.82, 2.24) is 0 Å². The molecule has 1 unspecified atom stereocenters. The molecule has 0 amide bonds. The average molecular weight is 160 g/mol. The predicted molar refractivity (Wildman–Crippen MR) is 43.0 cm³/mol. The van der Waals surface area contributed by atoms with Crippen LogP contribution in [0, 0.1) is 16.7 Å². The summed E-state index contributed by atoms with van der Waals surface area (Å²) in [7, 11) is 0. The van der Waals surface area contributed by atoms with Crippen LogP contribution < -0.4 is 0 Å². The summed E-state index contributed by atoms with van der Waals surface area (Å²) in [5.74, 6) is 0.125. The van der Waals surface area contributed by atoms with E-state index in [4.69, 9.17) is 0 Å². The molecule has 0 heterocycles. The Balaban J connectivity index is 2.67. The van der Waals surface area contributed by atoms with E-state index in [1.54, 1.807) is 0 Å². The highest BCUT2D eigenvalue weighted by atomic mass is 19.1. The normalized spacial score (nSPS) is 30.0. The van der Waals surface area contributed by atoms with E-state index in [0.717, 1.165) is 0 Å². The van der Waals surface area contributed by atoms with E-state index in [-0.39, 0.29) is 16.7 Å². The van der Waals surface area contributed by atoms with Crippen molar-refractivity contribution in [3.8, 4) is 0 Å². The second kappa shape index (κ2) is 2.19. The molecule has 1 N–H and O–H groups in total. The lowest BCUT2D eigenvalue weighted by Crippen LogP contribution is -2.16. The summed E-state index contributed by atoms with van der Waals surface area (Å²) in [4.78, 5) is 0. The van der Waals surface area contributed by atoms with Crippen molar-refractivity contribution < 1.29 is 9.50 Å². The maximum atomic E-state index is 12.1. The van der Waals surface area contributed by atoms with E-state index in [0.29, 0.717) is 0 Å². The zero-order valence-electron chi connectivity index (χ0n) is 7.69. The number of alkyl halides is 1. The van der Waals surface area contributed by atoms with Crippen LogP contribution in [0.4, 0.5) is 4.39 Å². The minimum atomic E-state index is -0.764. The van der Waals surface area contributed by atoms with Crippen LogP contribution in [0.5, 0.6) is 0 Å². The molecule has 1 rings (SSSR count). The third kappa shape index (κ3) is 0.994. The van der Waals surface area contributed by atoms with Crippen molar-refractivity contribution in [1.29, 1.82) is 0 Å². The van der Waals surface area contributed by atoms with Crippen LogP contribution in [0.15, 0.2) is 0 Å². The molecule has 11 heavy (non-hydrogen) atoms. The molecule has 0 aromatic heterocycles. The molecule has 1 fully saturated rings. The van der Waals surface area contributed by atoms with Gasteiger partial charge in [0.25, 0.3) is 0 Å². The van der Waals surface area contributed by atoms with Gasteiger partial charge in [-0.3, -0.25) is 0 Å². The van der Waals surface area contributed by atoms with Gasteiger partial charge in [0.2, 0.25) is 0 Å². The highest BCUT2D eigenvalue weighted by Gasteiger charge is 2.67. The molecule has 66 valence electrons. The van der Waals surface area contributed by atoms with Crippen molar-refractivity contribution in [3.05, 3.63) is 0 Å². The third-order valence-electron chi connectivity index (χ3n) is 3.68. The fourth-order valence-corrected chi connectivity index (χ4v) is 2.30. The number of hydrogen-bond donors (Lipinski definition) is 1. The number of rotatable bonds is 2. The molecule has 1 aliphatic carbocycles. The molecule has 0 aromatic rings. The molecular formula is C9H17FO. The quantitative estimate of drug-likeness (QED) is 0.655. The fraction of sp³-hybridized carbons (Fsp3) is 1.00. The Hall–Kier alpha value is -0.110. The summed E-state index contributed by atoms with van der Waals surface area (Å²) < 4.78 is 12.1. The van der Waals surface area contributed by atoms with Gasteiger partial charge in [0.1, 0.15) is 6.67 Å². The SMILES string of the molecule is CC1(C)C(C(O)CF)C1(C)C. The second-order valence-corrected chi connectivity index (χ2v) is 4.64. The summed E-state index contributed by atoms with van der Waals surface area (Å²) >= 11 is 0. The molecule has 0 radical (unpaired) electrons. The van der Waals surface area contributed by atoms with Crippen LogP contribution in [0.3, 0.4) is 0 Å². The van der Waals surface area contributed by atoms with Gasteiger partial charge in [-0.15, -0.1) is 0 Å². The van der Waals surface area contributed by atoms with E-state index in [1.165, 1.54) is 0 Å². The van der Waals surface area contributed by atoms with Gasteiger partial charge in [0.05, 0.1) is 6.10 Å². The monoisotopic (exact) mass is 160 g/mol. The summed E-state index contributed by atoms with van der Waals surface area (Å²) in [6, 6.07) is 0. The number of halogens is 1. The van der Waals surface area contributed by atoms with Gasteiger partial charge in [-0.05, 0) is 16.7 Å². The summed E-state index contributed by atoms with van der Waals surface area (Å²) in [5.41, 5.74) is 0.191. The second-order valence-electron chi connectivity index (χ2n) is 4.64. The van der Waals surface area contributed by atoms with E-state index >= 15 is 0 Å². The summed E-state index contributed by atoms with van der Waals surface area (Å²) in [5, 5.41) is 9.29. The Morgan fingerprint density at radius 1 is 1.27 bits per heavy atom. The van der Waals surface area contributed by atoms with Crippen molar-refractivity contribution >= 4 is 0 Å². The maximum Gasteiger partial charge on any atom is 0.116 e. The predicted octanol–water partition coefficient (Wildman–Crippen LogP) is 2.00. The van der Waals surface area contributed by atoms with Crippen LogP contribution in [0.25, 0.3) is 0 Å². The number of aliphatic hydroxyl groups is 1. The van der Waals surface area contributed by atoms with Gasteiger partial charge in [-0.2, -0.15) is 0 Å². The van der Waals surface area contributed by atoms with Crippen molar-refractivity contribution in [3.63, 3.8) is 0 Å². The maximum absolute atomic E-state index is 12.1. The largest absolute Gasteiger partial charge is 0.390 e. The van der Waals surface area contributed by atoms with E-state index in [9.17, 15) is 9.50 Å². The molecule has 0 spiro atoms. The lowest BCUT2D eigenvalue weighted by molar-refractivity contribution is 0.0997. The Morgan fingerprint density at radius 3 is 1.73 bits per heavy atom. The first kappa shape index (κ1) is 8.98. The average Bonchev–Trinajstić information content (AvgIpc) is 2.24. The molecule has 2 heteroatoms. The van der Waals surface area contributed by atoms with Gasteiger partial charge in [0, 0.05) is 0 Å². The molecule has 0 bridgehead atoms. The van der Waals surface area contributed by atoms with Crippen LogP contribution in [0.1, 0.15) is 27.7 Å². The minimum absolute atomic E-state index is 0.0957. The Bertz CT molecular complexity index is 149. The minimum Gasteiger partial charge on any atom is -0.390 e. The first-order valence-corrected chi connectivity index (χ1v) is 4.09. The first-order chi connectivity index (χ1) is 4.85. The molecular weight excluding hydrogens is 143 g/mol. The van der Waals surface area contributed by atoms with Crippen LogP contribution >= 0.6 is 0 Å². The fourth-order valence-electron chi connectivity index (χ4n) is 2.30. The van der Waals surface area contributed by atoms with E-state index < -0.39 is 12.8 Å². The molecule has 1 nitrogen and oxygen atoms in total. The van der Waals surface area contributed by atoms with Crippen LogP contribution in [0.2, 0.25) is 0 Å². The van der Waals surface area contributed by atoms with Crippen molar-refractivity contribution in [2.75, 3.05) is 6.67 Å². The smallest absolute Gasteiger partial charge is 0.116 e. The zero-order chi connectivity index (χ0) is 8.86. The topological polar surface area (TPSA) is 20.2 Å². The van der Waals surface area contributed by atoms with Gasteiger partial charge < -0.3 is 5.11 Å². The molecule has 0 aliphatic heterocycles. The lowest BCUT2D eigenvalue weighted by Gasteiger charge is -2.06. The highest BCUT2D eigenvalue weighted by molar-refractivity contribution is 5.14. The highest BCUT2D eigenvalue weighted by Crippen LogP contribution is 2.69. The molecule has 0 saturated heterocycles. The Kier molecular flexibility index (Phi) is 1.79. The third-order valence-corrected chi connectivity index (χ3v) is 3.68. The summed E-state index contributed by atoms with van der Waals surface area (Å²) in [6.07, 6.45) is -0.764. The number of aliphatic hydroxyl groups excluding tert-OH is 1. The lowest BCUT2D eigenvalue weighted by atomic mass is 10.0. The van der Waals surface area contributed by atoms with Crippen LogP contribution in [-0.2, 0) is 0 Å². The summed E-state index contributed by atoms with van der Waals surface area (Å²) in [6.45, 7) is 7.71.